The summed E-state index contributed by atoms with van der Waals surface area (Å²) in [6.07, 6.45) is 3.36. The Bertz CT molecular complexity index is 1280. The molecular weight excluding hydrogens is 388 g/mol. The van der Waals surface area contributed by atoms with Crippen LogP contribution >= 0.6 is 11.6 Å². The monoisotopic (exact) mass is 402 g/mol. The Morgan fingerprint density at radius 3 is 2.45 bits per heavy atom. The highest BCUT2D eigenvalue weighted by Crippen LogP contribution is 2.39. The summed E-state index contributed by atoms with van der Waals surface area (Å²) in [5, 5.41) is 1.05. The Balaban J connectivity index is 1.73. The van der Waals surface area contributed by atoms with E-state index in [-0.39, 0.29) is 17.1 Å². The molecule has 1 amide bonds. The van der Waals surface area contributed by atoms with Gasteiger partial charge >= 0.3 is 0 Å². The van der Waals surface area contributed by atoms with Crippen LogP contribution in [0.25, 0.3) is 11.0 Å². The van der Waals surface area contributed by atoms with Crippen molar-refractivity contribution >= 4 is 28.5 Å². The van der Waals surface area contributed by atoms with Gasteiger partial charge in [-0.05, 0) is 47.5 Å². The number of pyridine rings is 1. The highest BCUT2D eigenvalue weighted by Gasteiger charge is 2.42. The van der Waals surface area contributed by atoms with E-state index in [1.165, 1.54) is 0 Å². The maximum atomic E-state index is 13.3. The minimum absolute atomic E-state index is 0.0997. The van der Waals surface area contributed by atoms with Gasteiger partial charge in [0.15, 0.2) is 5.43 Å². The second-order valence-electron chi connectivity index (χ2n) is 6.91. The molecule has 0 N–H and O–H groups in total. The minimum Gasteiger partial charge on any atom is -0.450 e. The summed E-state index contributed by atoms with van der Waals surface area (Å²) < 4.78 is 5.91. The summed E-state index contributed by atoms with van der Waals surface area (Å²) >= 11 is 6.06. The molecule has 1 aliphatic rings. The van der Waals surface area contributed by atoms with Gasteiger partial charge in [0, 0.05) is 24.0 Å². The Hall–Kier alpha value is -3.44. The summed E-state index contributed by atoms with van der Waals surface area (Å²) in [5.41, 5.74) is 2.30. The van der Waals surface area contributed by atoms with Crippen LogP contribution in [-0.2, 0) is 6.54 Å². The SMILES string of the molecule is O=C1c2oc3ccccc3c(=O)c2C(c2ccc(Cl)cc2)N1Cc1ccncc1. The number of hydrogen-bond acceptors (Lipinski definition) is 4. The average molecular weight is 403 g/mol. The number of aromatic nitrogens is 1. The molecule has 1 aliphatic heterocycles. The van der Waals surface area contributed by atoms with Crippen LogP contribution in [0.1, 0.15) is 33.3 Å². The fraction of sp³-hybridized carbons (Fsp3) is 0.0870. The molecule has 3 heterocycles. The average Bonchev–Trinajstić information content (AvgIpc) is 3.02. The van der Waals surface area contributed by atoms with E-state index in [0.29, 0.717) is 28.1 Å². The molecule has 0 fully saturated rings. The number of amides is 1. The summed E-state index contributed by atoms with van der Waals surface area (Å²) in [6.45, 7) is 0.328. The van der Waals surface area contributed by atoms with Crippen molar-refractivity contribution in [3.63, 3.8) is 0 Å². The van der Waals surface area contributed by atoms with E-state index in [1.54, 1.807) is 53.7 Å². The van der Waals surface area contributed by atoms with E-state index in [4.69, 9.17) is 16.0 Å². The van der Waals surface area contributed by atoms with E-state index < -0.39 is 6.04 Å². The van der Waals surface area contributed by atoms with E-state index in [2.05, 4.69) is 4.98 Å². The van der Waals surface area contributed by atoms with Gasteiger partial charge in [-0.25, -0.2) is 0 Å². The summed E-state index contributed by atoms with van der Waals surface area (Å²) in [4.78, 5) is 32.3. The molecule has 142 valence electrons. The van der Waals surface area contributed by atoms with E-state index in [1.807, 2.05) is 24.3 Å². The third kappa shape index (κ3) is 2.91. The van der Waals surface area contributed by atoms with E-state index >= 15 is 0 Å². The van der Waals surface area contributed by atoms with Crippen LogP contribution in [0, 0.1) is 0 Å². The number of benzene rings is 2. The molecule has 5 rings (SSSR count). The number of para-hydroxylation sites is 1. The number of rotatable bonds is 3. The van der Waals surface area contributed by atoms with Crippen molar-refractivity contribution in [1.29, 1.82) is 0 Å². The first-order valence-corrected chi connectivity index (χ1v) is 9.52. The van der Waals surface area contributed by atoms with Gasteiger partial charge in [0.05, 0.1) is 17.0 Å². The van der Waals surface area contributed by atoms with E-state index in [0.717, 1.165) is 11.1 Å². The fourth-order valence-electron chi connectivity index (χ4n) is 3.81. The van der Waals surface area contributed by atoms with Crippen LogP contribution in [0.3, 0.4) is 0 Å². The molecule has 0 radical (unpaired) electrons. The number of carbonyl (C=O) groups is 1. The normalized spacial score (nSPS) is 15.7. The maximum Gasteiger partial charge on any atom is 0.291 e. The topological polar surface area (TPSA) is 63.4 Å². The number of nitrogens with zero attached hydrogens (tertiary/aromatic N) is 2. The summed E-state index contributed by atoms with van der Waals surface area (Å²) in [5.74, 6) is -0.206. The van der Waals surface area contributed by atoms with Crippen molar-refractivity contribution in [3.05, 3.63) is 111 Å². The van der Waals surface area contributed by atoms with Gasteiger partial charge in [-0.15, -0.1) is 0 Å². The summed E-state index contributed by atoms with van der Waals surface area (Å²) in [7, 11) is 0. The number of carbonyl (C=O) groups excluding carboxylic acids is 1. The molecule has 5 nitrogen and oxygen atoms in total. The van der Waals surface area contributed by atoms with Crippen molar-refractivity contribution in [3.8, 4) is 0 Å². The first-order valence-electron chi connectivity index (χ1n) is 9.14. The Kier molecular flexibility index (Phi) is 4.18. The van der Waals surface area contributed by atoms with Gasteiger partial charge in [-0.1, -0.05) is 35.9 Å². The Labute approximate surface area is 171 Å². The molecular formula is C23H15ClN2O3. The molecule has 0 bridgehead atoms. The van der Waals surface area contributed by atoms with Crippen molar-refractivity contribution in [2.45, 2.75) is 12.6 Å². The zero-order chi connectivity index (χ0) is 20.0. The third-order valence-corrected chi connectivity index (χ3v) is 5.41. The van der Waals surface area contributed by atoms with Crippen molar-refractivity contribution in [2.24, 2.45) is 0 Å². The fourth-order valence-corrected chi connectivity index (χ4v) is 3.93. The van der Waals surface area contributed by atoms with Crippen molar-refractivity contribution < 1.29 is 9.21 Å². The molecule has 0 spiro atoms. The quantitative estimate of drug-likeness (QED) is 0.503. The van der Waals surface area contributed by atoms with Gasteiger partial charge in [0.2, 0.25) is 5.76 Å². The predicted molar refractivity (Wildman–Crippen MR) is 110 cm³/mol. The molecule has 2 aromatic heterocycles. The smallest absolute Gasteiger partial charge is 0.291 e. The number of halogens is 1. The molecule has 2 aromatic carbocycles. The molecule has 0 saturated carbocycles. The number of fused-ring (bicyclic) bond motifs is 2. The number of hydrogen-bond donors (Lipinski definition) is 0. The van der Waals surface area contributed by atoms with Crippen LogP contribution in [0.2, 0.25) is 5.02 Å². The molecule has 0 aliphatic carbocycles. The summed E-state index contributed by atoms with van der Waals surface area (Å²) in [6, 6.07) is 17.3. The molecule has 1 atom stereocenters. The van der Waals surface area contributed by atoms with Gasteiger partial charge in [0.1, 0.15) is 5.58 Å². The molecule has 6 heteroatoms. The minimum atomic E-state index is -0.552. The van der Waals surface area contributed by atoms with Gasteiger partial charge < -0.3 is 9.32 Å². The molecule has 29 heavy (non-hydrogen) atoms. The highest BCUT2D eigenvalue weighted by atomic mass is 35.5. The lowest BCUT2D eigenvalue weighted by molar-refractivity contribution is 0.0714. The van der Waals surface area contributed by atoms with Gasteiger partial charge in [-0.2, -0.15) is 0 Å². The maximum absolute atomic E-state index is 13.3. The van der Waals surface area contributed by atoms with Gasteiger partial charge in [-0.3, -0.25) is 14.6 Å². The lowest BCUT2D eigenvalue weighted by atomic mass is 9.98. The van der Waals surface area contributed by atoms with Crippen LogP contribution in [-0.4, -0.2) is 15.8 Å². The van der Waals surface area contributed by atoms with Crippen molar-refractivity contribution in [2.75, 3.05) is 0 Å². The van der Waals surface area contributed by atoms with E-state index in [9.17, 15) is 9.59 Å². The largest absolute Gasteiger partial charge is 0.450 e. The van der Waals surface area contributed by atoms with Crippen LogP contribution < -0.4 is 5.43 Å². The third-order valence-electron chi connectivity index (χ3n) is 5.16. The standard InChI is InChI=1S/C23H15ClN2O3/c24-16-7-5-15(6-8-16)20-19-21(27)17-3-1-2-4-18(17)29-22(19)23(28)26(20)13-14-9-11-25-12-10-14/h1-12,20H,13H2. The van der Waals surface area contributed by atoms with Crippen LogP contribution in [0.5, 0.6) is 0 Å². The second kappa shape index (κ2) is 6.87. The Morgan fingerprint density at radius 2 is 1.69 bits per heavy atom. The Morgan fingerprint density at radius 1 is 0.966 bits per heavy atom. The first kappa shape index (κ1) is 17.6. The van der Waals surface area contributed by atoms with Crippen molar-refractivity contribution in [1.82, 2.24) is 9.88 Å². The molecule has 0 saturated heterocycles. The molecule has 1 unspecified atom stereocenters. The van der Waals surface area contributed by atoms with Gasteiger partial charge in [0.25, 0.3) is 5.91 Å². The molecule has 4 aromatic rings. The lowest BCUT2D eigenvalue weighted by Gasteiger charge is -2.25. The zero-order valence-electron chi connectivity index (χ0n) is 15.2. The lowest BCUT2D eigenvalue weighted by Crippen LogP contribution is -2.29. The highest BCUT2D eigenvalue weighted by molar-refractivity contribution is 6.30. The van der Waals surface area contributed by atoms with Crippen LogP contribution in [0.15, 0.2) is 82.3 Å². The second-order valence-corrected chi connectivity index (χ2v) is 7.35. The van der Waals surface area contributed by atoms with Crippen LogP contribution in [0.4, 0.5) is 0 Å². The zero-order valence-corrected chi connectivity index (χ0v) is 16.0. The predicted octanol–water partition coefficient (Wildman–Crippen LogP) is 4.59. The first-order chi connectivity index (χ1) is 14.1.